The van der Waals surface area contributed by atoms with Gasteiger partial charge in [0.1, 0.15) is 11.5 Å². The number of imidazole rings is 1. The molecule has 4 rings (SSSR count). The van der Waals surface area contributed by atoms with Crippen molar-refractivity contribution in [1.82, 2.24) is 19.5 Å². The van der Waals surface area contributed by atoms with Crippen LogP contribution in [0.4, 0.5) is 5.95 Å². The minimum atomic E-state index is -2.77. The number of carbonyl (C=O) groups is 1. The summed E-state index contributed by atoms with van der Waals surface area (Å²) in [7, 11) is -5.03. The highest BCUT2D eigenvalue weighted by atomic mass is 32.2. The van der Waals surface area contributed by atoms with Gasteiger partial charge in [0.15, 0.2) is 19.5 Å². The van der Waals surface area contributed by atoms with E-state index >= 15 is 0 Å². The first-order valence-electron chi connectivity index (χ1n) is 14.5. The molecule has 2 aliphatic heterocycles. The van der Waals surface area contributed by atoms with E-state index in [1.165, 1.54) is 0 Å². The summed E-state index contributed by atoms with van der Waals surface area (Å²) in [5, 5.41) is 2.17. The first-order chi connectivity index (χ1) is 18.6. The van der Waals surface area contributed by atoms with Crippen LogP contribution in [0.15, 0.2) is 11.1 Å². The monoisotopic (exact) mass is 623 g/mol. The molecule has 10 nitrogen and oxygen atoms in total. The number of nitrogens with one attached hydrogen (secondary N) is 2. The molecule has 0 spiro atoms. The molecule has 4 heterocycles. The third-order valence-corrected chi connectivity index (χ3v) is 19.9. The summed E-state index contributed by atoms with van der Waals surface area (Å²) in [5.41, 5.74) is 0.227. The second-order valence-electron chi connectivity index (χ2n) is 15.3. The highest BCUT2D eigenvalue weighted by molar-refractivity contribution is 8.00. The topological polar surface area (TPSA) is 120 Å². The maximum atomic E-state index is 13.0. The number of hydrogen-bond donors (Lipinski definition) is 2. The standard InChI is InChI=1S/C28H49N5O5SSi2/c1-16(2)22(34)31-25-30-21-18(23(35)32-25)29-15-33(21)24-20(37-40(12,13)26(3,4)5)19-17(39-24)14-36-41(38-19,27(6,7)8)28(9,10)11/h15-17,19-20,24H,14H2,1-13H3,(H2,30,31,32,34,35)/t17-,19-,20?,24-/m1/s1. The highest BCUT2D eigenvalue weighted by Gasteiger charge is 2.65. The molecule has 230 valence electrons. The van der Waals surface area contributed by atoms with Gasteiger partial charge in [0, 0.05) is 16.0 Å². The number of aromatic amines is 1. The van der Waals surface area contributed by atoms with Crippen LogP contribution in [0.2, 0.25) is 28.2 Å². The van der Waals surface area contributed by atoms with Gasteiger partial charge in [0.25, 0.3) is 5.56 Å². The van der Waals surface area contributed by atoms with E-state index in [-0.39, 0.29) is 61.2 Å². The van der Waals surface area contributed by atoms with E-state index in [1.807, 2.05) is 4.57 Å². The molecule has 2 N–H and O–H groups in total. The third kappa shape index (κ3) is 5.74. The molecule has 41 heavy (non-hydrogen) atoms. The highest BCUT2D eigenvalue weighted by Crippen LogP contribution is 2.59. The summed E-state index contributed by atoms with van der Waals surface area (Å²) in [6, 6.07) is 0. The number of H-pyrrole nitrogens is 1. The lowest BCUT2D eigenvalue weighted by molar-refractivity contribution is -0.118. The summed E-state index contributed by atoms with van der Waals surface area (Å²) < 4.78 is 23.2. The van der Waals surface area contributed by atoms with Crippen LogP contribution in [0.1, 0.15) is 81.5 Å². The molecule has 0 aromatic carbocycles. The number of thioether (sulfide) groups is 1. The van der Waals surface area contributed by atoms with Crippen LogP contribution in [0.5, 0.6) is 0 Å². The molecule has 1 amide bonds. The van der Waals surface area contributed by atoms with Gasteiger partial charge in [0.05, 0.1) is 24.3 Å². The van der Waals surface area contributed by atoms with Gasteiger partial charge in [-0.25, -0.2) is 4.98 Å². The van der Waals surface area contributed by atoms with Crippen LogP contribution < -0.4 is 10.9 Å². The zero-order valence-electron chi connectivity index (χ0n) is 27.0. The van der Waals surface area contributed by atoms with Crippen molar-refractivity contribution in [2.24, 2.45) is 5.92 Å². The smallest absolute Gasteiger partial charge is 0.349 e. The van der Waals surface area contributed by atoms with Crippen LogP contribution in [0.3, 0.4) is 0 Å². The Bertz CT molecular complexity index is 1340. The van der Waals surface area contributed by atoms with E-state index in [9.17, 15) is 9.59 Å². The van der Waals surface area contributed by atoms with Crippen LogP contribution in [0.25, 0.3) is 11.2 Å². The van der Waals surface area contributed by atoms with Gasteiger partial charge in [-0.15, -0.1) is 11.8 Å². The third-order valence-electron chi connectivity index (χ3n) is 8.72. The second-order valence-corrected chi connectivity index (χ2v) is 26.2. The van der Waals surface area contributed by atoms with Gasteiger partial charge >= 0.3 is 8.56 Å². The molecule has 2 aliphatic rings. The maximum absolute atomic E-state index is 13.0. The van der Waals surface area contributed by atoms with Crippen molar-refractivity contribution in [3.8, 4) is 0 Å². The maximum Gasteiger partial charge on any atom is 0.349 e. The van der Waals surface area contributed by atoms with Gasteiger partial charge in [-0.2, -0.15) is 4.98 Å². The van der Waals surface area contributed by atoms with Gasteiger partial charge in [-0.1, -0.05) is 76.2 Å². The van der Waals surface area contributed by atoms with Crippen LogP contribution in [-0.4, -0.2) is 66.4 Å². The van der Waals surface area contributed by atoms with Gasteiger partial charge in [-0.3, -0.25) is 24.5 Å². The fourth-order valence-corrected chi connectivity index (χ4v) is 13.7. The van der Waals surface area contributed by atoms with Gasteiger partial charge in [-0.05, 0) is 18.1 Å². The minimum absolute atomic E-state index is 0.0191. The van der Waals surface area contributed by atoms with Crippen molar-refractivity contribution in [2.75, 3.05) is 11.9 Å². The van der Waals surface area contributed by atoms with Gasteiger partial charge < -0.3 is 13.3 Å². The van der Waals surface area contributed by atoms with Crippen LogP contribution in [-0.2, 0) is 18.1 Å². The van der Waals surface area contributed by atoms with E-state index in [2.05, 4.69) is 95.7 Å². The van der Waals surface area contributed by atoms with E-state index in [0.717, 1.165) is 0 Å². The number of nitrogens with zero attached hydrogens (tertiary/aromatic N) is 3. The largest absolute Gasteiger partial charge is 0.408 e. The molecule has 0 aliphatic carbocycles. The first kappa shape index (κ1) is 32.4. The number of rotatable bonds is 5. The van der Waals surface area contributed by atoms with E-state index in [1.54, 1.807) is 31.9 Å². The second kappa shape index (κ2) is 10.6. The zero-order valence-corrected chi connectivity index (χ0v) is 29.8. The van der Waals surface area contributed by atoms with Crippen LogP contribution in [0, 0.1) is 5.92 Å². The molecule has 0 radical (unpaired) electrons. The normalized spacial score (nSPS) is 25.5. The van der Waals surface area contributed by atoms with Crippen molar-refractivity contribution in [3.05, 3.63) is 16.7 Å². The summed E-state index contributed by atoms with van der Waals surface area (Å²) in [4.78, 5) is 37.1. The predicted molar refractivity (Wildman–Crippen MR) is 170 cm³/mol. The summed E-state index contributed by atoms with van der Waals surface area (Å²) >= 11 is 1.73. The Morgan fingerprint density at radius 1 is 1.17 bits per heavy atom. The van der Waals surface area contributed by atoms with Crippen LogP contribution >= 0.6 is 11.8 Å². The van der Waals surface area contributed by atoms with E-state index in [4.69, 9.17) is 13.3 Å². The molecule has 0 bridgehead atoms. The number of carbonyl (C=O) groups excluding carboxylic acids is 1. The van der Waals surface area contributed by atoms with Crippen molar-refractivity contribution in [2.45, 2.75) is 127 Å². The first-order valence-corrected chi connectivity index (χ1v) is 20.2. The lowest BCUT2D eigenvalue weighted by atomic mass is 10.1. The Labute approximate surface area is 250 Å². The summed E-state index contributed by atoms with van der Waals surface area (Å²) in [5.74, 6) is -0.379. The molecule has 4 atom stereocenters. The molecular formula is C28H49N5O5SSi2. The molecule has 13 heteroatoms. The Morgan fingerprint density at radius 2 is 1.78 bits per heavy atom. The number of aromatic nitrogens is 4. The molecule has 2 fully saturated rings. The summed E-state index contributed by atoms with van der Waals surface area (Å²) in [6.45, 7) is 28.7. The molecule has 0 saturated carbocycles. The number of hydrogen-bond acceptors (Lipinski definition) is 8. The summed E-state index contributed by atoms with van der Waals surface area (Å²) in [6.07, 6.45) is 1.16. The molecule has 2 aromatic rings. The Kier molecular flexibility index (Phi) is 8.36. The fraction of sp³-hybridized carbons (Fsp3) is 0.786. The molecular weight excluding hydrogens is 575 g/mol. The molecule has 2 saturated heterocycles. The Hall–Kier alpha value is -1.52. The van der Waals surface area contributed by atoms with Gasteiger partial charge in [0.2, 0.25) is 11.9 Å². The van der Waals surface area contributed by atoms with Crippen molar-refractivity contribution in [3.63, 3.8) is 0 Å². The SMILES string of the molecule is CC(C)C(=O)Nc1nc2c(ncn2[C@@H]2S[C@@H]3CO[Si](C(C)(C)C)(C(C)(C)C)O[C@H]3C2O[Si](C)(C)C(C)(C)C)c(=O)[nH]1. The van der Waals surface area contributed by atoms with Crippen molar-refractivity contribution < 1.29 is 18.1 Å². The van der Waals surface area contributed by atoms with Crippen molar-refractivity contribution in [1.29, 1.82) is 0 Å². The van der Waals surface area contributed by atoms with Crippen molar-refractivity contribution >= 4 is 51.7 Å². The minimum Gasteiger partial charge on any atom is -0.408 e. The number of fused-ring (bicyclic) bond motifs is 2. The molecule has 2 aromatic heterocycles. The lowest BCUT2D eigenvalue weighted by Crippen LogP contribution is -2.65. The quantitative estimate of drug-likeness (QED) is 0.379. The number of anilines is 1. The Balaban J connectivity index is 1.83. The lowest BCUT2D eigenvalue weighted by Gasteiger charge is -2.54. The average Bonchev–Trinajstić information content (AvgIpc) is 3.37. The molecule has 1 unspecified atom stereocenters. The van der Waals surface area contributed by atoms with E-state index < -0.39 is 22.4 Å². The Morgan fingerprint density at radius 3 is 2.32 bits per heavy atom. The zero-order chi connectivity index (χ0) is 30.9. The predicted octanol–water partition coefficient (Wildman–Crippen LogP) is 6.18. The fourth-order valence-electron chi connectivity index (χ4n) is 5.62. The average molecular weight is 624 g/mol. The number of amides is 1. The van der Waals surface area contributed by atoms with E-state index in [0.29, 0.717) is 12.3 Å².